The van der Waals surface area contributed by atoms with Gasteiger partial charge in [-0.05, 0) is 45.1 Å². The van der Waals surface area contributed by atoms with Gasteiger partial charge in [0, 0.05) is 5.92 Å². The van der Waals surface area contributed by atoms with Gasteiger partial charge < -0.3 is 5.11 Å². The lowest BCUT2D eigenvalue weighted by Crippen LogP contribution is -2.33. The lowest BCUT2D eigenvalue weighted by atomic mass is 9.82. The van der Waals surface area contributed by atoms with Crippen LogP contribution < -0.4 is 0 Å². The van der Waals surface area contributed by atoms with Crippen LogP contribution in [0.1, 0.15) is 39.5 Å². The van der Waals surface area contributed by atoms with Crippen LogP contribution >= 0.6 is 0 Å². The number of fused-ring (bicyclic) bond motifs is 1. The van der Waals surface area contributed by atoms with E-state index < -0.39 is 5.60 Å². The van der Waals surface area contributed by atoms with Gasteiger partial charge in [0.05, 0.1) is 5.60 Å². The summed E-state index contributed by atoms with van der Waals surface area (Å²) in [5.74, 6) is 0.395. The average molecular weight is 178 g/mol. The van der Waals surface area contributed by atoms with Gasteiger partial charge in [-0.25, -0.2) is 0 Å². The lowest BCUT2D eigenvalue weighted by Gasteiger charge is -2.29. The Balaban J connectivity index is 2.37. The Bertz CT molecular complexity index is 271. The zero-order valence-corrected chi connectivity index (χ0v) is 8.51. The van der Waals surface area contributed by atoms with Gasteiger partial charge in [-0.2, -0.15) is 0 Å². The van der Waals surface area contributed by atoms with Crippen molar-refractivity contribution >= 4 is 0 Å². The third kappa shape index (κ3) is 1.46. The number of aliphatic hydroxyl groups is 1. The lowest BCUT2D eigenvalue weighted by molar-refractivity contribution is 0.00920. The molecule has 1 heteroatoms. The second-order valence-electron chi connectivity index (χ2n) is 4.63. The molecule has 0 heterocycles. The van der Waals surface area contributed by atoms with Gasteiger partial charge in [0.2, 0.25) is 0 Å². The first-order valence-electron chi connectivity index (χ1n) is 5.20. The zero-order valence-electron chi connectivity index (χ0n) is 8.51. The topological polar surface area (TPSA) is 20.2 Å². The van der Waals surface area contributed by atoms with E-state index in [0.29, 0.717) is 5.92 Å². The fourth-order valence-corrected chi connectivity index (χ4v) is 2.62. The van der Waals surface area contributed by atoms with Gasteiger partial charge in [0.25, 0.3) is 0 Å². The molecule has 2 aliphatic carbocycles. The van der Waals surface area contributed by atoms with Crippen molar-refractivity contribution < 1.29 is 5.11 Å². The smallest absolute Gasteiger partial charge is 0.0691 e. The standard InChI is InChI=1S/C12H18O/c1-9-6-7-11-10(9)5-3-4-8-12(11,2)13/h3,5,11,13H,4,6-8H2,1-2H3/t11-,12-/m1/s1. The Morgan fingerprint density at radius 2 is 2.31 bits per heavy atom. The van der Waals surface area contributed by atoms with E-state index >= 15 is 0 Å². The second kappa shape index (κ2) is 2.98. The van der Waals surface area contributed by atoms with Crippen molar-refractivity contribution in [2.45, 2.75) is 45.1 Å². The molecule has 0 spiro atoms. The summed E-state index contributed by atoms with van der Waals surface area (Å²) in [7, 11) is 0. The van der Waals surface area contributed by atoms with E-state index in [1.165, 1.54) is 17.6 Å². The molecule has 0 aromatic heterocycles. The maximum Gasteiger partial charge on any atom is 0.0691 e. The molecular formula is C12H18O. The highest BCUT2D eigenvalue weighted by Crippen LogP contribution is 2.42. The van der Waals surface area contributed by atoms with Gasteiger partial charge >= 0.3 is 0 Å². The molecule has 72 valence electrons. The quantitative estimate of drug-likeness (QED) is 0.604. The summed E-state index contributed by atoms with van der Waals surface area (Å²) < 4.78 is 0. The molecule has 0 aliphatic heterocycles. The van der Waals surface area contributed by atoms with Crippen LogP contribution in [0.5, 0.6) is 0 Å². The fourth-order valence-electron chi connectivity index (χ4n) is 2.62. The molecule has 0 saturated carbocycles. The summed E-state index contributed by atoms with van der Waals surface area (Å²) in [5, 5.41) is 10.3. The summed E-state index contributed by atoms with van der Waals surface area (Å²) in [6, 6.07) is 0. The van der Waals surface area contributed by atoms with Crippen molar-refractivity contribution in [1.82, 2.24) is 0 Å². The summed E-state index contributed by atoms with van der Waals surface area (Å²) in [5.41, 5.74) is 2.40. The average Bonchev–Trinajstić information content (AvgIpc) is 2.34. The van der Waals surface area contributed by atoms with Crippen LogP contribution in [0.3, 0.4) is 0 Å². The first-order chi connectivity index (χ1) is 6.11. The van der Waals surface area contributed by atoms with Crippen molar-refractivity contribution in [1.29, 1.82) is 0 Å². The molecule has 0 aromatic rings. The summed E-state index contributed by atoms with van der Waals surface area (Å²) in [4.78, 5) is 0. The van der Waals surface area contributed by atoms with E-state index in [0.717, 1.165) is 19.3 Å². The maximum atomic E-state index is 10.3. The van der Waals surface area contributed by atoms with Crippen molar-refractivity contribution in [3.05, 3.63) is 23.3 Å². The molecule has 0 amide bonds. The van der Waals surface area contributed by atoms with Crippen LogP contribution in [0.4, 0.5) is 0 Å². The maximum absolute atomic E-state index is 10.3. The van der Waals surface area contributed by atoms with Crippen molar-refractivity contribution in [2.24, 2.45) is 5.92 Å². The Labute approximate surface area is 80.2 Å². The predicted octanol–water partition coefficient (Wildman–Crippen LogP) is 2.81. The van der Waals surface area contributed by atoms with Crippen LogP contribution in [-0.2, 0) is 0 Å². The van der Waals surface area contributed by atoms with Crippen LogP contribution in [0.15, 0.2) is 23.3 Å². The molecule has 0 bridgehead atoms. The zero-order chi connectivity index (χ0) is 9.47. The second-order valence-corrected chi connectivity index (χ2v) is 4.63. The van der Waals surface area contributed by atoms with Gasteiger partial charge in [0.15, 0.2) is 0 Å². The van der Waals surface area contributed by atoms with E-state index in [-0.39, 0.29) is 0 Å². The first-order valence-corrected chi connectivity index (χ1v) is 5.20. The van der Waals surface area contributed by atoms with E-state index in [2.05, 4.69) is 19.1 Å². The van der Waals surface area contributed by atoms with Crippen molar-refractivity contribution in [3.63, 3.8) is 0 Å². The summed E-state index contributed by atoms with van der Waals surface area (Å²) in [6.07, 6.45) is 8.66. The molecule has 13 heavy (non-hydrogen) atoms. The summed E-state index contributed by atoms with van der Waals surface area (Å²) >= 11 is 0. The minimum Gasteiger partial charge on any atom is -0.390 e. The van der Waals surface area contributed by atoms with E-state index in [1.54, 1.807) is 0 Å². The minimum absolute atomic E-state index is 0.395. The largest absolute Gasteiger partial charge is 0.390 e. The number of hydrogen-bond acceptors (Lipinski definition) is 1. The Kier molecular flexibility index (Phi) is 2.07. The van der Waals surface area contributed by atoms with Crippen LogP contribution in [-0.4, -0.2) is 10.7 Å². The third-order valence-electron chi connectivity index (χ3n) is 3.54. The van der Waals surface area contributed by atoms with Crippen molar-refractivity contribution in [3.8, 4) is 0 Å². The third-order valence-corrected chi connectivity index (χ3v) is 3.54. The van der Waals surface area contributed by atoms with Crippen LogP contribution in [0.25, 0.3) is 0 Å². The summed E-state index contributed by atoms with van der Waals surface area (Å²) in [6.45, 7) is 4.18. The first kappa shape index (κ1) is 9.01. The highest BCUT2D eigenvalue weighted by Gasteiger charge is 2.37. The molecule has 0 saturated heterocycles. The molecule has 2 atom stereocenters. The molecule has 0 radical (unpaired) electrons. The van der Waals surface area contributed by atoms with Gasteiger partial charge in [-0.3, -0.25) is 0 Å². The Morgan fingerprint density at radius 1 is 1.54 bits per heavy atom. The monoisotopic (exact) mass is 178 g/mol. The molecular weight excluding hydrogens is 160 g/mol. The van der Waals surface area contributed by atoms with E-state index in [4.69, 9.17) is 0 Å². The van der Waals surface area contributed by atoms with E-state index in [9.17, 15) is 5.11 Å². The van der Waals surface area contributed by atoms with Crippen LogP contribution in [0, 0.1) is 5.92 Å². The van der Waals surface area contributed by atoms with Gasteiger partial charge in [-0.15, -0.1) is 0 Å². The molecule has 0 unspecified atom stereocenters. The van der Waals surface area contributed by atoms with Crippen LogP contribution in [0.2, 0.25) is 0 Å². The molecule has 2 aliphatic rings. The minimum atomic E-state index is -0.476. The predicted molar refractivity (Wildman–Crippen MR) is 54.4 cm³/mol. The number of rotatable bonds is 0. The molecule has 0 aromatic carbocycles. The number of hydrogen-bond donors (Lipinski definition) is 1. The highest BCUT2D eigenvalue weighted by molar-refractivity contribution is 5.34. The van der Waals surface area contributed by atoms with Crippen molar-refractivity contribution in [2.75, 3.05) is 0 Å². The fraction of sp³-hybridized carbons (Fsp3) is 0.667. The SMILES string of the molecule is CC1=C2C=CCC[C@@](C)(O)[C@@H]2CC1. The normalized spacial score (nSPS) is 39.2. The molecule has 1 N–H and O–H groups in total. The van der Waals surface area contributed by atoms with Gasteiger partial charge in [-0.1, -0.05) is 17.7 Å². The highest BCUT2D eigenvalue weighted by atomic mass is 16.3. The molecule has 1 nitrogen and oxygen atoms in total. The van der Waals surface area contributed by atoms with Gasteiger partial charge in [0.1, 0.15) is 0 Å². The molecule has 0 fully saturated rings. The number of allylic oxidation sites excluding steroid dienone is 3. The Morgan fingerprint density at radius 3 is 3.08 bits per heavy atom. The Hall–Kier alpha value is -0.560. The molecule has 2 rings (SSSR count). The van der Waals surface area contributed by atoms with E-state index in [1.807, 2.05) is 6.92 Å².